The molecule has 9 aromatic rings. The van der Waals surface area contributed by atoms with E-state index in [1.165, 1.54) is 81.5 Å². The normalized spacial score (nSPS) is 15.8. The van der Waals surface area contributed by atoms with E-state index in [0.717, 1.165) is 22.9 Å². The molecule has 0 bridgehead atoms. The van der Waals surface area contributed by atoms with E-state index in [1.54, 1.807) is 0 Å². The Hall–Kier alpha value is -6.42. The smallest absolute Gasteiger partial charge is 0.132 e. The average molecular weight is 764 g/mol. The van der Waals surface area contributed by atoms with Crippen LogP contribution in [0.4, 0.5) is 17.1 Å². The van der Waals surface area contributed by atoms with Crippen molar-refractivity contribution in [3.63, 3.8) is 0 Å². The zero-order valence-corrected chi connectivity index (χ0v) is 33.8. The number of thiophene rings is 1. The molecule has 1 aliphatic heterocycles. The van der Waals surface area contributed by atoms with Crippen LogP contribution in [0.5, 0.6) is 11.5 Å². The van der Waals surface area contributed by atoms with Gasteiger partial charge in [0.25, 0.3) is 0 Å². The first kappa shape index (κ1) is 33.7. The highest BCUT2D eigenvalue weighted by molar-refractivity contribution is 7.26. The fourth-order valence-corrected chi connectivity index (χ4v) is 11.9. The first-order chi connectivity index (χ1) is 28.3. The van der Waals surface area contributed by atoms with Crippen molar-refractivity contribution in [3.8, 4) is 33.8 Å². The summed E-state index contributed by atoms with van der Waals surface area (Å²) in [6.45, 7) is 9.62. The molecule has 58 heavy (non-hydrogen) atoms. The maximum Gasteiger partial charge on any atom is 0.132 e. The average Bonchev–Trinajstić information content (AvgIpc) is 3.76. The van der Waals surface area contributed by atoms with Crippen molar-refractivity contribution in [2.75, 3.05) is 4.90 Å². The van der Waals surface area contributed by atoms with Gasteiger partial charge in [-0.05, 0) is 116 Å². The lowest BCUT2D eigenvalue weighted by Crippen LogP contribution is -2.43. The summed E-state index contributed by atoms with van der Waals surface area (Å²) in [6, 6.07) is 65.3. The molecule has 3 aliphatic rings. The summed E-state index contributed by atoms with van der Waals surface area (Å²) in [4.78, 5) is 2.48. The molecule has 0 saturated heterocycles. The quantitative estimate of drug-likeness (QED) is 0.178. The Labute approximate surface area is 343 Å². The van der Waals surface area contributed by atoms with Gasteiger partial charge in [-0.1, -0.05) is 143 Å². The molecule has 278 valence electrons. The standard InChI is InChI=1S/C55H41NOS/c1-53(2)41-21-10-8-19-36(41)38-31-35(29-30-42(38)54(53,3)4)56(34-17-6-5-7-18-34)47-25-16-28-50-52(47)40-32-39-37-20-9-11-22-43(37)55(46(39)33-51(40)58-50)44-23-12-14-26-48(44)57-49-27-15-13-24-45(49)55/h5-33H,1-4H3. The second kappa shape index (κ2) is 11.8. The van der Waals surface area contributed by atoms with Gasteiger partial charge in [-0.3, -0.25) is 0 Å². The minimum absolute atomic E-state index is 0.0231. The zero-order chi connectivity index (χ0) is 39.0. The van der Waals surface area contributed by atoms with Gasteiger partial charge in [0.05, 0.1) is 11.1 Å². The van der Waals surface area contributed by atoms with Crippen LogP contribution >= 0.6 is 11.3 Å². The molecule has 8 aromatic carbocycles. The fourth-order valence-electron chi connectivity index (χ4n) is 10.7. The molecule has 12 rings (SSSR count). The lowest BCUT2D eigenvalue weighted by Gasteiger charge is -2.48. The van der Waals surface area contributed by atoms with Gasteiger partial charge in [-0.2, -0.15) is 0 Å². The van der Waals surface area contributed by atoms with Crippen molar-refractivity contribution < 1.29 is 4.74 Å². The second-order valence-electron chi connectivity index (χ2n) is 17.2. The van der Waals surface area contributed by atoms with E-state index < -0.39 is 5.41 Å². The van der Waals surface area contributed by atoms with Crippen molar-refractivity contribution in [2.45, 2.75) is 43.9 Å². The monoisotopic (exact) mass is 763 g/mol. The molecule has 0 radical (unpaired) electrons. The van der Waals surface area contributed by atoms with Gasteiger partial charge in [0.2, 0.25) is 0 Å². The Morgan fingerprint density at radius 2 is 0.983 bits per heavy atom. The van der Waals surface area contributed by atoms with Gasteiger partial charge in [0.15, 0.2) is 0 Å². The van der Waals surface area contributed by atoms with Crippen LogP contribution < -0.4 is 9.64 Å². The molecule has 0 N–H and O–H groups in total. The third-order valence-electron chi connectivity index (χ3n) is 14.1. The topological polar surface area (TPSA) is 12.5 Å². The Balaban J connectivity index is 1.13. The van der Waals surface area contributed by atoms with E-state index in [2.05, 4.69) is 209 Å². The summed E-state index contributed by atoms with van der Waals surface area (Å²) >= 11 is 1.89. The van der Waals surface area contributed by atoms with Crippen molar-refractivity contribution in [2.24, 2.45) is 0 Å². The first-order valence-corrected chi connectivity index (χ1v) is 21.2. The van der Waals surface area contributed by atoms with Crippen LogP contribution in [0.1, 0.15) is 61.1 Å². The number of hydrogen-bond donors (Lipinski definition) is 0. The summed E-state index contributed by atoms with van der Waals surface area (Å²) < 4.78 is 9.19. The van der Waals surface area contributed by atoms with Crippen LogP contribution in [-0.4, -0.2) is 0 Å². The highest BCUT2D eigenvalue weighted by Crippen LogP contribution is 2.63. The molecule has 1 aromatic heterocycles. The summed E-state index contributed by atoms with van der Waals surface area (Å²) in [6.07, 6.45) is 0. The zero-order valence-electron chi connectivity index (χ0n) is 33.0. The van der Waals surface area contributed by atoms with Crippen LogP contribution in [-0.2, 0) is 16.2 Å². The lowest BCUT2D eigenvalue weighted by atomic mass is 9.55. The highest BCUT2D eigenvalue weighted by Gasteiger charge is 2.51. The largest absolute Gasteiger partial charge is 0.457 e. The first-order valence-electron chi connectivity index (χ1n) is 20.3. The third kappa shape index (κ3) is 4.27. The Kier molecular flexibility index (Phi) is 6.86. The van der Waals surface area contributed by atoms with E-state index >= 15 is 0 Å². The van der Waals surface area contributed by atoms with Gasteiger partial charge in [0.1, 0.15) is 11.5 Å². The van der Waals surface area contributed by atoms with Crippen LogP contribution in [0.15, 0.2) is 176 Å². The molecule has 0 unspecified atom stereocenters. The summed E-state index contributed by atoms with van der Waals surface area (Å²) in [5.41, 5.74) is 15.9. The number of rotatable bonds is 3. The molecular formula is C55H41NOS. The summed E-state index contributed by atoms with van der Waals surface area (Å²) in [7, 11) is 0. The van der Waals surface area contributed by atoms with E-state index in [1.807, 2.05) is 11.3 Å². The summed E-state index contributed by atoms with van der Waals surface area (Å²) in [5.74, 6) is 1.83. The van der Waals surface area contributed by atoms with Gasteiger partial charge in [-0.25, -0.2) is 0 Å². The van der Waals surface area contributed by atoms with Gasteiger partial charge >= 0.3 is 0 Å². The van der Waals surface area contributed by atoms with E-state index in [-0.39, 0.29) is 10.8 Å². The van der Waals surface area contributed by atoms with Gasteiger partial charge in [-0.15, -0.1) is 11.3 Å². The molecule has 0 atom stereocenters. The SMILES string of the molecule is CC1(C)c2ccccc2-c2cc(N(c3ccccc3)c3cccc4sc5cc6c(cc5c34)-c3ccccc3C63c4ccccc4Oc4ccccc43)ccc2C1(C)C. The Morgan fingerprint density at radius 3 is 1.69 bits per heavy atom. The van der Waals surface area contributed by atoms with Crippen LogP contribution in [0.3, 0.4) is 0 Å². The number of para-hydroxylation sites is 3. The molecule has 3 heteroatoms. The van der Waals surface area contributed by atoms with E-state index in [4.69, 9.17) is 4.74 Å². The molecule has 0 saturated carbocycles. The van der Waals surface area contributed by atoms with E-state index in [0.29, 0.717) is 0 Å². The summed E-state index contributed by atoms with van der Waals surface area (Å²) in [5, 5.41) is 2.56. The van der Waals surface area contributed by atoms with Gasteiger partial charge < -0.3 is 9.64 Å². The molecule has 2 heterocycles. The number of benzene rings is 8. The van der Waals surface area contributed by atoms with Crippen molar-refractivity contribution >= 4 is 48.6 Å². The van der Waals surface area contributed by atoms with Crippen molar-refractivity contribution in [1.82, 2.24) is 0 Å². The lowest BCUT2D eigenvalue weighted by molar-refractivity contribution is 0.299. The number of ether oxygens (including phenoxy) is 1. The van der Waals surface area contributed by atoms with E-state index in [9.17, 15) is 0 Å². The minimum Gasteiger partial charge on any atom is -0.457 e. The van der Waals surface area contributed by atoms with Crippen LogP contribution in [0.2, 0.25) is 0 Å². The predicted octanol–water partition coefficient (Wildman–Crippen LogP) is 15.2. The molecule has 0 fully saturated rings. The molecule has 1 spiro atoms. The maximum absolute atomic E-state index is 6.63. The van der Waals surface area contributed by atoms with Crippen molar-refractivity contribution in [1.29, 1.82) is 0 Å². The fraction of sp³-hybridized carbons (Fsp3) is 0.127. The second-order valence-corrected chi connectivity index (χ2v) is 18.3. The van der Waals surface area contributed by atoms with Crippen LogP contribution in [0.25, 0.3) is 42.4 Å². The predicted molar refractivity (Wildman–Crippen MR) is 243 cm³/mol. The van der Waals surface area contributed by atoms with Crippen LogP contribution in [0, 0.1) is 0 Å². The third-order valence-corrected chi connectivity index (χ3v) is 15.2. The van der Waals surface area contributed by atoms with Crippen molar-refractivity contribution in [3.05, 3.63) is 209 Å². The molecule has 0 amide bonds. The minimum atomic E-state index is -0.498. The number of fused-ring (bicyclic) bond motifs is 15. The Bertz CT molecular complexity index is 3120. The Morgan fingerprint density at radius 1 is 0.414 bits per heavy atom. The molecule has 2 aliphatic carbocycles. The van der Waals surface area contributed by atoms with Gasteiger partial charge in [0, 0.05) is 42.7 Å². The highest BCUT2D eigenvalue weighted by atomic mass is 32.1. The molecule has 2 nitrogen and oxygen atoms in total. The molecular weight excluding hydrogens is 723 g/mol. The maximum atomic E-state index is 6.63. The number of anilines is 3. The number of hydrogen-bond acceptors (Lipinski definition) is 3. The number of nitrogens with zero attached hydrogens (tertiary/aromatic N) is 1.